The van der Waals surface area contributed by atoms with Gasteiger partial charge in [0.15, 0.2) is 0 Å². The second kappa shape index (κ2) is 12.6. The first-order valence-electron chi connectivity index (χ1n) is 14.6. The maximum atomic E-state index is 13.4. The molecule has 0 aliphatic carbocycles. The molecule has 9 heteroatoms. The summed E-state index contributed by atoms with van der Waals surface area (Å²) in [6.45, 7) is 5.56. The lowest BCUT2D eigenvalue weighted by Gasteiger charge is -2.34. The number of alkyl halides is 3. The number of aromatic nitrogens is 2. The van der Waals surface area contributed by atoms with Crippen LogP contribution in [0.25, 0.3) is 28.0 Å². The standard InChI is InChI=1S/C35H33F3N4O2/c1-25-10-12-27(13-11-25)34-31(22-40-16-18-41(19-17-40)33(43)24-44-23-26-6-3-2-4-7-26)42-21-29(14-15-32(42)39-34)28-8-5-9-30(20-28)35(36,37)38/h2-15,20-21H,16-19,22-24H2,1H3. The number of hydrogen-bond acceptors (Lipinski definition) is 4. The van der Waals surface area contributed by atoms with Crippen molar-refractivity contribution in [1.29, 1.82) is 0 Å². The number of carbonyl (C=O) groups excluding carboxylic acids is 1. The zero-order chi connectivity index (χ0) is 30.7. The van der Waals surface area contributed by atoms with E-state index in [4.69, 9.17) is 9.72 Å². The van der Waals surface area contributed by atoms with E-state index >= 15 is 0 Å². The molecule has 0 radical (unpaired) electrons. The summed E-state index contributed by atoms with van der Waals surface area (Å²) < 4.78 is 48.0. The molecule has 1 amide bonds. The number of rotatable bonds is 8. The predicted octanol–water partition coefficient (Wildman–Crippen LogP) is 6.86. The summed E-state index contributed by atoms with van der Waals surface area (Å²) in [4.78, 5) is 21.9. The Hall–Kier alpha value is -4.47. The molecule has 0 bridgehead atoms. The normalized spacial score (nSPS) is 14.3. The molecule has 0 atom stereocenters. The van der Waals surface area contributed by atoms with Crippen LogP contribution in [0.15, 0.2) is 97.2 Å². The number of amides is 1. The van der Waals surface area contributed by atoms with Crippen molar-refractivity contribution in [3.8, 4) is 22.4 Å². The van der Waals surface area contributed by atoms with Gasteiger partial charge in [0.05, 0.1) is 23.6 Å². The molecule has 226 valence electrons. The first-order valence-corrected chi connectivity index (χ1v) is 14.6. The number of benzene rings is 3. The van der Waals surface area contributed by atoms with E-state index in [1.54, 1.807) is 6.07 Å². The van der Waals surface area contributed by atoms with Gasteiger partial charge < -0.3 is 14.0 Å². The summed E-state index contributed by atoms with van der Waals surface area (Å²) in [6.07, 6.45) is -2.55. The number of halogens is 3. The number of nitrogens with zero attached hydrogens (tertiary/aromatic N) is 4. The number of carbonyl (C=O) groups is 1. The van der Waals surface area contributed by atoms with Crippen molar-refractivity contribution < 1.29 is 22.7 Å². The van der Waals surface area contributed by atoms with Crippen LogP contribution in [-0.2, 0) is 28.9 Å². The Balaban J connectivity index is 1.22. The number of fused-ring (bicyclic) bond motifs is 1. The van der Waals surface area contributed by atoms with E-state index in [1.807, 2.05) is 89.2 Å². The van der Waals surface area contributed by atoms with E-state index in [0.29, 0.717) is 50.5 Å². The molecule has 3 heterocycles. The fourth-order valence-electron chi connectivity index (χ4n) is 5.52. The quantitative estimate of drug-likeness (QED) is 0.196. The maximum Gasteiger partial charge on any atom is 0.416 e. The zero-order valence-electron chi connectivity index (χ0n) is 24.4. The fourth-order valence-corrected chi connectivity index (χ4v) is 5.52. The zero-order valence-corrected chi connectivity index (χ0v) is 24.4. The molecule has 2 aromatic heterocycles. The summed E-state index contributed by atoms with van der Waals surface area (Å²) in [5.41, 5.74) is 6.11. The van der Waals surface area contributed by atoms with Gasteiger partial charge in [-0.25, -0.2) is 4.98 Å². The lowest BCUT2D eigenvalue weighted by atomic mass is 10.0. The molecule has 1 aliphatic heterocycles. The highest BCUT2D eigenvalue weighted by atomic mass is 19.4. The molecule has 5 aromatic rings. The molecular formula is C35H33F3N4O2. The summed E-state index contributed by atoms with van der Waals surface area (Å²) in [5.74, 6) is -0.0264. The number of imidazole rings is 1. The third-order valence-corrected chi connectivity index (χ3v) is 8.00. The number of pyridine rings is 1. The number of hydrogen-bond donors (Lipinski definition) is 0. The van der Waals surface area contributed by atoms with Crippen LogP contribution in [0.2, 0.25) is 0 Å². The minimum Gasteiger partial charge on any atom is -0.367 e. The van der Waals surface area contributed by atoms with Gasteiger partial charge in [0, 0.05) is 44.5 Å². The van der Waals surface area contributed by atoms with E-state index in [0.717, 1.165) is 39.8 Å². The van der Waals surface area contributed by atoms with Crippen LogP contribution in [0.4, 0.5) is 13.2 Å². The van der Waals surface area contributed by atoms with Gasteiger partial charge in [-0.05, 0) is 47.9 Å². The van der Waals surface area contributed by atoms with Crippen molar-refractivity contribution >= 4 is 11.6 Å². The lowest BCUT2D eigenvalue weighted by molar-refractivity contribution is -0.138. The van der Waals surface area contributed by atoms with Crippen LogP contribution in [0.3, 0.4) is 0 Å². The molecule has 1 aliphatic rings. The van der Waals surface area contributed by atoms with Crippen LogP contribution in [0.5, 0.6) is 0 Å². The van der Waals surface area contributed by atoms with Gasteiger partial charge in [0.1, 0.15) is 12.3 Å². The summed E-state index contributed by atoms with van der Waals surface area (Å²) in [7, 11) is 0. The molecule has 1 fully saturated rings. The van der Waals surface area contributed by atoms with Crippen LogP contribution < -0.4 is 0 Å². The number of ether oxygens (including phenoxy) is 1. The first kappa shape index (κ1) is 29.6. The minimum atomic E-state index is -4.42. The second-order valence-electron chi connectivity index (χ2n) is 11.1. The largest absolute Gasteiger partial charge is 0.416 e. The summed E-state index contributed by atoms with van der Waals surface area (Å²) in [6, 6.07) is 27.0. The third-order valence-electron chi connectivity index (χ3n) is 8.00. The van der Waals surface area contributed by atoms with Gasteiger partial charge >= 0.3 is 6.18 Å². The molecule has 3 aromatic carbocycles. The monoisotopic (exact) mass is 598 g/mol. The smallest absolute Gasteiger partial charge is 0.367 e. The van der Waals surface area contributed by atoms with Gasteiger partial charge in [-0.1, -0.05) is 72.3 Å². The average molecular weight is 599 g/mol. The van der Waals surface area contributed by atoms with E-state index in [1.165, 1.54) is 12.1 Å². The second-order valence-corrected chi connectivity index (χ2v) is 11.1. The van der Waals surface area contributed by atoms with E-state index in [9.17, 15) is 18.0 Å². The molecule has 0 unspecified atom stereocenters. The Morgan fingerprint density at radius 3 is 2.30 bits per heavy atom. The van der Waals surface area contributed by atoms with Crippen molar-refractivity contribution in [2.75, 3.05) is 32.8 Å². The topological polar surface area (TPSA) is 50.1 Å². The first-order chi connectivity index (χ1) is 21.2. The van der Waals surface area contributed by atoms with Crippen LogP contribution >= 0.6 is 0 Å². The van der Waals surface area contributed by atoms with Crippen molar-refractivity contribution in [2.24, 2.45) is 0 Å². The van der Waals surface area contributed by atoms with Gasteiger partial charge in [-0.2, -0.15) is 13.2 Å². The SMILES string of the molecule is Cc1ccc(-c2nc3ccc(-c4cccc(C(F)(F)F)c4)cn3c2CN2CCN(C(=O)COCc3ccccc3)CC2)cc1. The minimum absolute atomic E-state index is 0.0264. The summed E-state index contributed by atoms with van der Waals surface area (Å²) in [5, 5.41) is 0. The molecule has 0 saturated carbocycles. The lowest BCUT2D eigenvalue weighted by Crippen LogP contribution is -2.49. The Kier molecular flexibility index (Phi) is 8.50. The number of aryl methyl sites for hydroxylation is 1. The average Bonchev–Trinajstić information content (AvgIpc) is 3.39. The van der Waals surface area contributed by atoms with Crippen molar-refractivity contribution in [2.45, 2.75) is 26.3 Å². The molecular weight excluding hydrogens is 565 g/mol. The summed E-state index contributed by atoms with van der Waals surface area (Å²) >= 11 is 0. The van der Waals surface area contributed by atoms with Crippen LogP contribution in [0.1, 0.15) is 22.4 Å². The van der Waals surface area contributed by atoms with E-state index < -0.39 is 11.7 Å². The highest BCUT2D eigenvalue weighted by Gasteiger charge is 2.30. The maximum absolute atomic E-state index is 13.4. The van der Waals surface area contributed by atoms with Crippen molar-refractivity contribution in [3.63, 3.8) is 0 Å². The van der Waals surface area contributed by atoms with Gasteiger partial charge in [0.2, 0.25) is 5.91 Å². The van der Waals surface area contributed by atoms with Crippen LogP contribution in [0, 0.1) is 6.92 Å². The molecule has 0 spiro atoms. The highest BCUT2D eigenvalue weighted by Crippen LogP contribution is 2.33. The third kappa shape index (κ3) is 6.69. The van der Waals surface area contributed by atoms with Crippen LogP contribution in [-0.4, -0.2) is 57.9 Å². The van der Waals surface area contributed by atoms with Gasteiger partial charge in [-0.15, -0.1) is 0 Å². The molecule has 0 N–H and O–H groups in total. The Morgan fingerprint density at radius 2 is 1.57 bits per heavy atom. The molecule has 44 heavy (non-hydrogen) atoms. The number of piperazine rings is 1. The van der Waals surface area contributed by atoms with E-state index in [-0.39, 0.29) is 12.5 Å². The van der Waals surface area contributed by atoms with Crippen molar-refractivity contribution in [1.82, 2.24) is 19.2 Å². The Labute approximate surface area is 254 Å². The molecule has 6 nitrogen and oxygen atoms in total. The highest BCUT2D eigenvalue weighted by molar-refractivity contribution is 5.77. The van der Waals surface area contributed by atoms with Gasteiger partial charge in [0.25, 0.3) is 0 Å². The van der Waals surface area contributed by atoms with Crippen molar-refractivity contribution in [3.05, 3.63) is 120 Å². The van der Waals surface area contributed by atoms with Gasteiger partial charge in [-0.3, -0.25) is 9.69 Å². The molecule has 6 rings (SSSR count). The molecule has 1 saturated heterocycles. The predicted molar refractivity (Wildman–Crippen MR) is 164 cm³/mol. The van der Waals surface area contributed by atoms with E-state index in [2.05, 4.69) is 4.90 Å². The Bertz CT molecular complexity index is 1740. The fraction of sp³-hybridized carbons (Fsp3) is 0.257. The Morgan fingerprint density at radius 1 is 0.841 bits per heavy atom.